The predicted molar refractivity (Wildman–Crippen MR) is 118 cm³/mol. The molecule has 6 nitrogen and oxygen atoms in total. The van der Waals surface area contributed by atoms with Gasteiger partial charge in [-0.05, 0) is 19.4 Å². The largest absolute Gasteiger partial charge is 0.355 e. The zero-order valence-corrected chi connectivity index (χ0v) is 18.9. The Balaban J connectivity index is 0.00000392. The highest BCUT2D eigenvalue weighted by molar-refractivity contribution is 14.0. The molecule has 0 aliphatic rings. The van der Waals surface area contributed by atoms with E-state index in [1.54, 1.807) is 6.33 Å². The molecule has 2 N–H and O–H groups in total. The third-order valence-electron chi connectivity index (χ3n) is 4.22. The van der Waals surface area contributed by atoms with Crippen LogP contribution in [-0.2, 0) is 13.0 Å². The van der Waals surface area contributed by atoms with Gasteiger partial charge < -0.3 is 15.2 Å². The first kappa shape index (κ1) is 24.3. The molecular formula is C19H29F2IN6. The summed E-state index contributed by atoms with van der Waals surface area (Å²) in [6, 6.07) is 3.26. The van der Waals surface area contributed by atoms with Gasteiger partial charge in [-0.25, -0.2) is 8.78 Å². The van der Waals surface area contributed by atoms with Gasteiger partial charge in [0, 0.05) is 37.7 Å². The number of hydrogen-bond donors (Lipinski definition) is 2. The number of halogens is 3. The molecule has 2 rings (SSSR count). The van der Waals surface area contributed by atoms with Gasteiger partial charge in [0.25, 0.3) is 0 Å². The SMILES string of the molecule is CCCCN=C(NCCn1cnnc1CC)NC(C)c1ccc(F)cc1F.I. The zero-order valence-electron chi connectivity index (χ0n) is 16.6. The first-order chi connectivity index (χ1) is 13.0. The first-order valence-electron chi connectivity index (χ1n) is 9.41. The van der Waals surface area contributed by atoms with Crippen molar-refractivity contribution in [1.82, 2.24) is 25.4 Å². The van der Waals surface area contributed by atoms with Gasteiger partial charge >= 0.3 is 0 Å². The van der Waals surface area contributed by atoms with E-state index in [2.05, 4.69) is 32.7 Å². The number of hydrogen-bond acceptors (Lipinski definition) is 3. The maximum absolute atomic E-state index is 14.0. The lowest BCUT2D eigenvalue weighted by molar-refractivity contribution is 0.549. The van der Waals surface area contributed by atoms with Crippen molar-refractivity contribution in [2.24, 2.45) is 4.99 Å². The van der Waals surface area contributed by atoms with Gasteiger partial charge in [-0.1, -0.05) is 26.3 Å². The van der Waals surface area contributed by atoms with E-state index in [4.69, 9.17) is 0 Å². The van der Waals surface area contributed by atoms with Crippen molar-refractivity contribution in [2.75, 3.05) is 13.1 Å². The number of aliphatic imine (C=N–C) groups is 1. The molecule has 2 aromatic rings. The maximum atomic E-state index is 14.0. The summed E-state index contributed by atoms with van der Waals surface area (Å²) < 4.78 is 29.1. The minimum atomic E-state index is -0.584. The van der Waals surface area contributed by atoms with Crippen molar-refractivity contribution in [1.29, 1.82) is 0 Å². The summed E-state index contributed by atoms with van der Waals surface area (Å²) >= 11 is 0. The smallest absolute Gasteiger partial charge is 0.191 e. The van der Waals surface area contributed by atoms with E-state index < -0.39 is 11.6 Å². The second-order valence-electron chi connectivity index (χ2n) is 6.34. The number of nitrogens with one attached hydrogen (secondary N) is 2. The fraction of sp³-hybridized carbons (Fsp3) is 0.526. The van der Waals surface area contributed by atoms with Crippen molar-refractivity contribution in [3.05, 3.63) is 47.5 Å². The third-order valence-corrected chi connectivity index (χ3v) is 4.22. The van der Waals surface area contributed by atoms with Crippen molar-refractivity contribution in [3.8, 4) is 0 Å². The minimum absolute atomic E-state index is 0. The van der Waals surface area contributed by atoms with Gasteiger partial charge in [0.15, 0.2) is 5.96 Å². The van der Waals surface area contributed by atoms with Crippen LogP contribution in [0.2, 0.25) is 0 Å². The predicted octanol–water partition coefficient (Wildman–Crippen LogP) is 3.83. The molecule has 1 atom stereocenters. The number of aryl methyl sites for hydroxylation is 1. The zero-order chi connectivity index (χ0) is 19.6. The molecule has 0 aliphatic heterocycles. The highest BCUT2D eigenvalue weighted by Gasteiger charge is 2.13. The molecule has 1 heterocycles. The van der Waals surface area contributed by atoms with Gasteiger partial charge in [0.05, 0.1) is 6.04 Å². The standard InChI is InChI=1S/C19H28F2N6.HI/c1-4-6-9-22-19(23-10-11-27-13-24-26-18(27)5-2)25-14(3)16-8-7-15(20)12-17(16)21;/h7-8,12-14H,4-6,9-11H2,1-3H3,(H2,22,23,25);1H. The lowest BCUT2D eigenvalue weighted by atomic mass is 10.1. The van der Waals surface area contributed by atoms with Gasteiger partial charge in [-0.3, -0.25) is 4.99 Å². The van der Waals surface area contributed by atoms with Crippen LogP contribution in [0.25, 0.3) is 0 Å². The Kier molecular flexibility index (Phi) is 10.9. The molecule has 0 amide bonds. The Morgan fingerprint density at radius 1 is 1.29 bits per heavy atom. The number of unbranched alkanes of at least 4 members (excludes halogenated alkanes) is 1. The van der Waals surface area contributed by atoms with Crippen LogP contribution in [0.5, 0.6) is 0 Å². The van der Waals surface area contributed by atoms with Crippen molar-refractivity contribution in [2.45, 2.75) is 52.6 Å². The second-order valence-corrected chi connectivity index (χ2v) is 6.34. The van der Waals surface area contributed by atoms with E-state index in [1.807, 2.05) is 18.4 Å². The molecule has 0 aliphatic carbocycles. The van der Waals surface area contributed by atoms with Crippen LogP contribution in [0.15, 0.2) is 29.5 Å². The van der Waals surface area contributed by atoms with Crippen LogP contribution in [-0.4, -0.2) is 33.8 Å². The first-order valence-corrected chi connectivity index (χ1v) is 9.41. The summed E-state index contributed by atoms with van der Waals surface area (Å²) in [5.41, 5.74) is 0.397. The molecule has 0 saturated carbocycles. The van der Waals surface area contributed by atoms with E-state index in [0.29, 0.717) is 31.2 Å². The summed E-state index contributed by atoms with van der Waals surface area (Å²) in [5.74, 6) is 0.376. The lowest BCUT2D eigenvalue weighted by Gasteiger charge is -2.19. The molecule has 1 unspecified atom stereocenters. The molecule has 0 spiro atoms. The lowest BCUT2D eigenvalue weighted by Crippen LogP contribution is -2.40. The van der Waals surface area contributed by atoms with Crippen LogP contribution >= 0.6 is 24.0 Å². The Morgan fingerprint density at radius 2 is 2.07 bits per heavy atom. The third kappa shape index (κ3) is 7.33. The fourth-order valence-corrected chi connectivity index (χ4v) is 2.67. The van der Waals surface area contributed by atoms with Crippen LogP contribution < -0.4 is 10.6 Å². The average molecular weight is 506 g/mol. The monoisotopic (exact) mass is 506 g/mol. The highest BCUT2D eigenvalue weighted by Crippen LogP contribution is 2.17. The summed E-state index contributed by atoms with van der Waals surface area (Å²) in [7, 11) is 0. The quantitative estimate of drug-likeness (QED) is 0.235. The molecule has 0 radical (unpaired) electrons. The molecule has 0 bridgehead atoms. The average Bonchev–Trinajstić information content (AvgIpc) is 3.09. The summed E-state index contributed by atoms with van der Waals surface area (Å²) in [4.78, 5) is 4.54. The summed E-state index contributed by atoms with van der Waals surface area (Å²) in [5, 5.41) is 14.5. The summed E-state index contributed by atoms with van der Waals surface area (Å²) in [6.45, 7) is 7.96. The molecule has 28 heavy (non-hydrogen) atoms. The van der Waals surface area contributed by atoms with Gasteiger partial charge in [0.2, 0.25) is 0 Å². The number of nitrogens with zero attached hydrogens (tertiary/aromatic N) is 4. The van der Waals surface area contributed by atoms with Crippen molar-refractivity contribution in [3.63, 3.8) is 0 Å². The number of benzene rings is 1. The normalized spacial score (nSPS) is 12.4. The molecule has 0 saturated heterocycles. The van der Waals surface area contributed by atoms with Crippen LogP contribution in [0, 0.1) is 11.6 Å². The fourth-order valence-electron chi connectivity index (χ4n) is 2.67. The number of rotatable bonds is 9. The molecule has 0 fully saturated rings. The van der Waals surface area contributed by atoms with E-state index in [0.717, 1.165) is 31.2 Å². The topological polar surface area (TPSA) is 67.1 Å². The van der Waals surface area contributed by atoms with Gasteiger partial charge in [-0.15, -0.1) is 34.2 Å². The number of guanidine groups is 1. The van der Waals surface area contributed by atoms with Gasteiger partial charge in [0.1, 0.15) is 23.8 Å². The molecular weight excluding hydrogens is 477 g/mol. The van der Waals surface area contributed by atoms with E-state index in [1.165, 1.54) is 12.1 Å². The van der Waals surface area contributed by atoms with E-state index in [9.17, 15) is 8.78 Å². The number of aromatic nitrogens is 3. The van der Waals surface area contributed by atoms with Crippen LogP contribution in [0.4, 0.5) is 8.78 Å². The summed E-state index contributed by atoms with van der Waals surface area (Å²) in [6.07, 6.45) is 4.53. The Hall–Kier alpha value is -1.78. The van der Waals surface area contributed by atoms with E-state index in [-0.39, 0.29) is 30.0 Å². The molecule has 1 aromatic carbocycles. The Morgan fingerprint density at radius 3 is 2.75 bits per heavy atom. The maximum Gasteiger partial charge on any atom is 0.191 e. The molecule has 156 valence electrons. The van der Waals surface area contributed by atoms with Crippen molar-refractivity contribution < 1.29 is 8.78 Å². The Bertz CT molecular complexity index is 750. The minimum Gasteiger partial charge on any atom is -0.355 e. The Labute approximate surface area is 182 Å². The van der Waals surface area contributed by atoms with Crippen molar-refractivity contribution >= 4 is 29.9 Å². The highest BCUT2D eigenvalue weighted by atomic mass is 127. The van der Waals surface area contributed by atoms with E-state index >= 15 is 0 Å². The van der Waals surface area contributed by atoms with Gasteiger partial charge in [-0.2, -0.15) is 0 Å². The molecule has 1 aromatic heterocycles. The van der Waals surface area contributed by atoms with Crippen LogP contribution in [0.1, 0.15) is 51.0 Å². The second kappa shape index (κ2) is 12.6. The molecule has 9 heteroatoms. The van der Waals surface area contributed by atoms with Crippen LogP contribution in [0.3, 0.4) is 0 Å².